The van der Waals surface area contributed by atoms with Crippen LogP contribution in [0.1, 0.15) is 17.4 Å². The molecule has 4 rings (SSSR count). The van der Waals surface area contributed by atoms with Gasteiger partial charge >= 0.3 is 0 Å². The topological polar surface area (TPSA) is 97.8 Å². The van der Waals surface area contributed by atoms with E-state index in [2.05, 4.69) is 25.1 Å². The molecular weight excluding hydrogens is 254 g/mol. The molecule has 7 heteroatoms. The van der Waals surface area contributed by atoms with Crippen molar-refractivity contribution in [2.45, 2.75) is 6.04 Å². The monoisotopic (exact) mass is 265 g/mol. The Morgan fingerprint density at radius 2 is 1.95 bits per heavy atom. The molecule has 0 spiro atoms. The molecule has 3 N–H and O–H groups in total. The Hall–Kier alpha value is -2.80. The number of nitrogens with zero attached hydrogens (tertiary/aromatic N) is 5. The minimum atomic E-state index is -0.353. The first-order valence-corrected chi connectivity index (χ1v) is 6.18. The second-order valence-corrected chi connectivity index (χ2v) is 4.49. The molecule has 4 aromatic rings. The number of nitrogens with two attached hydrogens (primary N) is 1. The van der Waals surface area contributed by atoms with Crippen molar-refractivity contribution in [2.24, 2.45) is 5.73 Å². The zero-order valence-electron chi connectivity index (χ0n) is 10.4. The summed E-state index contributed by atoms with van der Waals surface area (Å²) in [6.45, 7) is 0. The van der Waals surface area contributed by atoms with E-state index in [0.29, 0.717) is 17.1 Å². The summed E-state index contributed by atoms with van der Waals surface area (Å²) in [6, 6.07) is 9.43. The largest absolute Gasteiger partial charge is 0.340 e. The van der Waals surface area contributed by atoms with Crippen LogP contribution < -0.4 is 5.73 Å². The first-order valence-electron chi connectivity index (χ1n) is 6.18. The van der Waals surface area contributed by atoms with E-state index < -0.39 is 0 Å². The highest BCUT2D eigenvalue weighted by Gasteiger charge is 2.17. The molecule has 1 atom stereocenters. The molecule has 7 nitrogen and oxygen atoms in total. The van der Waals surface area contributed by atoms with E-state index in [1.165, 1.54) is 0 Å². The molecule has 0 fully saturated rings. The van der Waals surface area contributed by atoms with Crippen molar-refractivity contribution < 1.29 is 0 Å². The number of imidazole rings is 1. The normalized spacial score (nSPS) is 13.1. The highest BCUT2D eigenvalue weighted by molar-refractivity contribution is 5.84. The molecule has 0 amide bonds. The van der Waals surface area contributed by atoms with Crippen LogP contribution in [0.5, 0.6) is 0 Å². The maximum absolute atomic E-state index is 6.27. The lowest BCUT2D eigenvalue weighted by atomic mass is 10.1. The van der Waals surface area contributed by atoms with Gasteiger partial charge in [-0.25, -0.2) is 9.97 Å². The van der Waals surface area contributed by atoms with Crippen LogP contribution in [0.3, 0.4) is 0 Å². The average Bonchev–Trinajstić information content (AvgIpc) is 3.13. The maximum atomic E-state index is 6.27. The lowest BCUT2D eigenvalue weighted by molar-refractivity contribution is 0.762. The van der Waals surface area contributed by atoms with E-state index in [4.69, 9.17) is 5.73 Å². The van der Waals surface area contributed by atoms with Crippen LogP contribution in [-0.2, 0) is 0 Å². The van der Waals surface area contributed by atoms with Crippen molar-refractivity contribution in [3.05, 3.63) is 54.4 Å². The third kappa shape index (κ3) is 1.50. The van der Waals surface area contributed by atoms with Crippen LogP contribution >= 0.6 is 0 Å². The predicted octanol–water partition coefficient (Wildman–Crippen LogP) is 1.05. The van der Waals surface area contributed by atoms with Crippen molar-refractivity contribution in [1.29, 1.82) is 0 Å². The van der Waals surface area contributed by atoms with Crippen molar-refractivity contribution in [1.82, 2.24) is 29.5 Å². The van der Waals surface area contributed by atoms with Gasteiger partial charge in [0.05, 0.1) is 12.4 Å². The molecule has 1 unspecified atom stereocenters. The molecule has 0 aliphatic heterocycles. The second kappa shape index (κ2) is 4.10. The summed E-state index contributed by atoms with van der Waals surface area (Å²) in [5, 5.41) is 8.39. The summed E-state index contributed by atoms with van der Waals surface area (Å²) in [7, 11) is 0. The predicted molar refractivity (Wildman–Crippen MR) is 72.9 cm³/mol. The molecule has 0 aliphatic carbocycles. The Morgan fingerprint density at radius 1 is 1.10 bits per heavy atom. The van der Waals surface area contributed by atoms with E-state index in [1.807, 2.05) is 30.3 Å². The van der Waals surface area contributed by atoms with Crippen LogP contribution in [0.4, 0.5) is 0 Å². The fourth-order valence-corrected chi connectivity index (χ4v) is 2.27. The fourth-order valence-electron chi connectivity index (χ4n) is 2.27. The lowest BCUT2D eigenvalue weighted by Crippen LogP contribution is -2.15. The minimum absolute atomic E-state index is 0.353. The molecule has 0 radical (unpaired) electrons. The van der Waals surface area contributed by atoms with Gasteiger partial charge in [0.15, 0.2) is 17.1 Å². The van der Waals surface area contributed by atoms with Crippen LogP contribution in [0.2, 0.25) is 0 Å². The zero-order chi connectivity index (χ0) is 13.5. The summed E-state index contributed by atoms with van der Waals surface area (Å²) in [4.78, 5) is 11.4. The van der Waals surface area contributed by atoms with Gasteiger partial charge < -0.3 is 10.7 Å². The van der Waals surface area contributed by atoms with Crippen molar-refractivity contribution in [2.75, 3.05) is 0 Å². The van der Waals surface area contributed by atoms with Gasteiger partial charge in [-0.05, 0) is 5.56 Å². The molecule has 0 aliphatic rings. The third-order valence-electron chi connectivity index (χ3n) is 3.30. The Bertz CT molecular complexity index is 877. The van der Waals surface area contributed by atoms with Crippen LogP contribution in [0.25, 0.3) is 16.8 Å². The number of aromatic nitrogens is 6. The Balaban J connectivity index is 1.92. The van der Waals surface area contributed by atoms with Crippen molar-refractivity contribution in [3.8, 4) is 0 Å². The minimum Gasteiger partial charge on any atom is -0.340 e. The number of hydrogen-bond acceptors (Lipinski definition) is 5. The van der Waals surface area contributed by atoms with Gasteiger partial charge in [-0.3, -0.25) is 4.40 Å². The van der Waals surface area contributed by atoms with Gasteiger partial charge in [0.25, 0.3) is 0 Å². The standard InChI is InChI=1S/C13H11N7/c14-9(8-4-2-1-3-5-8)12-18-19-13-10-11(16-6-15-10)17-7-20(12)13/h1-7,9H,14H2,(H,15,16). The van der Waals surface area contributed by atoms with Gasteiger partial charge in [-0.15, -0.1) is 10.2 Å². The molecule has 1 aromatic carbocycles. The molecule has 3 heterocycles. The third-order valence-corrected chi connectivity index (χ3v) is 3.30. The number of H-pyrrole nitrogens is 1. The smallest absolute Gasteiger partial charge is 0.189 e. The Kier molecular flexibility index (Phi) is 2.27. The van der Waals surface area contributed by atoms with Crippen molar-refractivity contribution in [3.63, 3.8) is 0 Å². The van der Waals surface area contributed by atoms with Crippen LogP contribution in [0.15, 0.2) is 43.0 Å². The second-order valence-electron chi connectivity index (χ2n) is 4.49. The van der Waals surface area contributed by atoms with Gasteiger partial charge in [0.2, 0.25) is 0 Å². The molecular formula is C13H11N7. The lowest BCUT2D eigenvalue weighted by Gasteiger charge is -2.09. The molecule has 3 aromatic heterocycles. The summed E-state index contributed by atoms with van der Waals surface area (Å²) in [5.74, 6) is 0.648. The van der Waals surface area contributed by atoms with Gasteiger partial charge in [0.1, 0.15) is 11.8 Å². The van der Waals surface area contributed by atoms with Gasteiger partial charge in [-0.2, -0.15) is 0 Å². The van der Waals surface area contributed by atoms with Gasteiger partial charge in [0, 0.05) is 0 Å². The number of rotatable bonds is 2. The van der Waals surface area contributed by atoms with Crippen LogP contribution in [-0.4, -0.2) is 29.5 Å². The highest BCUT2D eigenvalue weighted by Crippen LogP contribution is 2.20. The quantitative estimate of drug-likeness (QED) is 0.564. The first kappa shape index (κ1) is 11.1. The molecule has 20 heavy (non-hydrogen) atoms. The molecule has 0 saturated carbocycles. The number of benzene rings is 1. The molecule has 0 bridgehead atoms. The SMILES string of the molecule is NC(c1ccccc1)c1nnc2c3[nH]cnc3ncn12. The number of nitrogens with one attached hydrogen (secondary N) is 1. The first-order chi connectivity index (χ1) is 9.84. The summed E-state index contributed by atoms with van der Waals surface area (Å²) >= 11 is 0. The Labute approximate surface area is 113 Å². The van der Waals surface area contributed by atoms with E-state index in [-0.39, 0.29) is 6.04 Å². The summed E-state index contributed by atoms with van der Waals surface area (Å²) in [6.07, 6.45) is 3.24. The van der Waals surface area contributed by atoms with Crippen molar-refractivity contribution >= 4 is 16.8 Å². The highest BCUT2D eigenvalue weighted by atomic mass is 15.3. The number of aromatic amines is 1. The molecule has 0 saturated heterocycles. The number of fused-ring (bicyclic) bond motifs is 3. The van der Waals surface area contributed by atoms with E-state index in [1.54, 1.807) is 17.1 Å². The summed E-state index contributed by atoms with van der Waals surface area (Å²) < 4.78 is 1.79. The number of hydrogen-bond donors (Lipinski definition) is 2. The van der Waals surface area contributed by atoms with Crippen LogP contribution in [0, 0.1) is 0 Å². The van der Waals surface area contributed by atoms with E-state index >= 15 is 0 Å². The van der Waals surface area contributed by atoms with E-state index in [9.17, 15) is 0 Å². The Morgan fingerprint density at radius 3 is 2.80 bits per heavy atom. The zero-order valence-corrected chi connectivity index (χ0v) is 10.4. The fraction of sp³-hybridized carbons (Fsp3) is 0.0769. The molecule has 98 valence electrons. The van der Waals surface area contributed by atoms with Gasteiger partial charge in [-0.1, -0.05) is 30.3 Å². The van der Waals surface area contributed by atoms with E-state index in [0.717, 1.165) is 11.1 Å². The average molecular weight is 265 g/mol. The maximum Gasteiger partial charge on any atom is 0.189 e. The summed E-state index contributed by atoms with van der Waals surface area (Å²) in [5.41, 5.74) is 9.29.